The SMILES string of the molecule is COc1ccc(C(CNC(=O)c2nn(-c3ccc(C)c(C)c3)ccc2=O)N2CCCC2)cc1. The number of ether oxygens (including phenoxy) is 1. The van der Waals surface area contributed by atoms with E-state index in [4.69, 9.17) is 4.74 Å². The first kappa shape index (κ1) is 22.7. The van der Waals surface area contributed by atoms with Gasteiger partial charge in [0.05, 0.1) is 18.8 Å². The molecule has 1 aliphatic rings. The van der Waals surface area contributed by atoms with E-state index < -0.39 is 11.3 Å². The lowest BCUT2D eigenvalue weighted by molar-refractivity contribution is 0.0930. The Kier molecular flexibility index (Phi) is 6.89. The molecule has 1 atom stereocenters. The maximum Gasteiger partial charge on any atom is 0.275 e. The number of methoxy groups -OCH3 is 1. The number of aryl methyl sites for hydroxylation is 2. The summed E-state index contributed by atoms with van der Waals surface area (Å²) >= 11 is 0. The van der Waals surface area contributed by atoms with Gasteiger partial charge in [-0.1, -0.05) is 18.2 Å². The van der Waals surface area contributed by atoms with Crippen molar-refractivity contribution >= 4 is 5.91 Å². The van der Waals surface area contributed by atoms with Crippen LogP contribution in [-0.2, 0) is 0 Å². The number of likely N-dealkylation sites (tertiary alicyclic amines) is 1. The molecule has 0 spiro atoms. The number of nitrogens with one attached hydrogen (secondary N) is 1. The lowest BCUT2D eigenvalue weighted by Gasteiger charge is -2.28. The van der Waals surface area contributed by atoms with E-state index in [9.17, 15) is 9.59 Å². The number of benzene rings is 2. The first-order chi connectivity index (χ1) is 16.0. The minimum absolute atomic E-state index is 0.0213. The van der Waals surface area contributed by atoms with Gasteiger partial charge in [0, 0.05) is 18.8 Å². The molecule has 0 radical (unpaired) electrons. The molecule has 1 saturated heterocycles. The Morgan fingerprint density at radius 3 is 2.45 bits per heavy atom. The predicted octanol–water partition coefficient (Wildman–Crippen LogP) is 3.42. The van der Waals surface area contributed by atoms with Crippen molar-refractivity contribution in [1.82, 2.24) is 20.0 Å². The van der Waals surface area contributed by atoms with Crippen LogP contribution in [0.2, 0.25) is 0 Å². The van der Waals surface area contributed by atoms with Gasteiger partial charge in [-0.2, -0.15) is 5.10 Å². The quantitative estimate of drug-likeness (QED) is 0.602. The number of hydrogen-bond acceptors (Lipinski definition) is 5. The Morgan fingerprint density at radius 1 is 1.06 bits per heavy atom. The lowest BCUT2D eigenvalue weighted by Crippen LogP contribution is -2.39. The topological polar surface area (TPSA) is 76.5 Å². The van der Waals surface area contributed by atoms with E-state index in [2.05, 4.69) is 15.3 Å². The normalized spacial score (nSPS) is 14.8. The summed E-state index contributed by atoms with van der Waals surface area (Å²) in [5.41, 5.74) is 3.70. The number of rotatable bonds is 7. The zero-order chi connectivity index (χ0) is 23.4. The number of aromatic nitrogens is 2. The zero-order valence-electron chi connectivity index (χ0n) is 19.4. The van der Waals surface area contributed by atoms with Gasteiger partial charge in [-0.3, -0.25) is 14.5 Å². The second-order valence-electron chi connectivity index (χ2n) is 8.48. The van der Waals surface area contributed by atoms with E-state index in [1.54, 1.807) is 18.0 Å². The molecule has 2 aromatic carbocycles. The molecule has 1 amide bonds. The third-order valence-electron chi connectivity index (χ3n) is 6.32. The second kappa shape index (κ2) is 10.0. The molecule has 3 aromatic rings. The summed E-state index contributed by atoms with van der Waals surface area (Å²) in [6.45, 7) is 6.42. The maximum absolute atomic E-state index is 13.0. The van der Waals surface area contributed by atoms with Crippen molar-refractivity contribution in [2.45, 2.75) is 32.7 Å². The van der Waals surface area contributed by atoms with Gasteiger partial charge in [0.25, 0.3) is 5.91 Å². The van der Waals surface area contributed by atoms with Crippen molar-refractivity contribution in [3.63, 3.8) is 0 Å². The van der Waals surface area contributed by atoms with Gasteiger partial charge in [-0.15, -0.1) is 0 Å². The van der Waals surface area contributed by atoms with Gasteiger partial charge >= 0.3 is 0 Å². The number of carbonyl (C=O) groups excluding carboxylic acids is 1. The van der Waals surface area contributed by atoms with Gasteiger partial charge in [-0.25, -0.2) is 4.68 Å². The molecule has 1 aliphatic heterocycles. The van der Waals surface area contributed by atoms with E-state index in [0.717, 1.165) is 48.5 Å². The fourth-order valence-electron chi connectivity index (χ4n) is 4.19. The molecule has 172 valence electrons. The number of nitrogens with zero attached hydrogens (tertiary/aromatic N) is 3. The summed E-state index contributed by atoms with van der Waals surface area (Å²) in [5.74, 6) is 0.333. The summed E-state index contributed by atoms with van der Waals surface area (Å²) in [4.78, 5) is 27.8. The fourth-order valence-corrected chi connectivity index (χ4v) is 4.19. The van der Waals surface area contributed by atoms with Gasteiger partial charge in [-0.05, 0) is 80.7 Å². The molecule has 1 N–H and O–H groups in total. The smallest absolute Gasteiger partial charge is 0.275 e. The van der Waals surface area contributed by atoms with Crippen LogP contribution in [0.5, 0.6) is 5.75 Å². The summed E-state index contributed by atoms with van der Waals surface area (Å²) in [6, 6.07) is 15.2. The van der Waals surface area contributed by atoms with E-state index in [-0.39, 0.29) is 11.7 Å². The van der Waals surface area contributed by atoms with Crippen molar-refractivity contribution in [2.75, 3.05) is 26.7 Å². The van der Waals surface area contributed by atoms with Crippen LogP contribution in [0.1, 0.15) is 46.1 Å². The highest BCUT2D eigenvalue weighted by atomic mass is 16.5. The first-order valence-corrected chi connectivity index (χ1v) is 11.3. The molecular weight excluding hydrogens is 416 g/mol. The highest BCUT2D eigenvalue weighted by Crippen LogP contribution is 2.26. The van der Waals surface area contributed by atoms with Crippen LogP contribution < -0.4 is 15.5 Å². The molecule has 0 aliphatic carbocycles. The van der Waals surface area contributed by atoms with E-state index in [1.807, 2.05) is 56.3 Å². The van der Waals surface area contributed by atoms with Crippen molar-refractivity contribution in [3.05, 3.63) is 87.3 Å². The minimum Gasteiger partial charge on any atom is -0.497 e. The number of hydrogen-bond donors (Lipinski definition) is 1. The van der Waals surface area contributed by atoms with E-state index in [0.29, 0.717) is 6.54 Å². The third-order valence-corrected chi connectivity index (χ3v) is 6.32. The third kappa shape index (κ3) is 5.14. The van der Waals surface area contributed by atoms with Crippen LogP contribution in [0.25, 0.3) is 5.69 Å². The van der Waals surface area contributed by atoms with Gasteiger partial charge in [0.15, 0.2) is 5.69 Å². The van der Waals surface area contributed by atoms with Crippen molar-refractivity contribution in [2.24, 2.45) is 0 Å². The highest BCUT2D eigenvalue weighted by molar-refractivity contribution is 5.92. The standard InChI is InChI=1S/C26H30N4O3/c1-18-6-9-21(16-19(18)2)30-15-12-24(31)25(28-30)26(32)27-17-23(29-13-4-5-14-29)20-7-10-22(33-3)11-8-20/h6-12,15-16,23H,4-5,13-14,17H2,1-3H3,(H,27,32). The average Bonchev–Trinajstić information content (AvgIpc) is 3.36. The van der Waals surface area contributed by atoms with Crippen LogP contribution in [-0.4, -0.2) is 47.3 Å². The van der Waals surface area contributed by atoms with Crippen LogP contribution >= 0.6 is 0 Å². The molecular formula is C26H30N4O3. The van der Waals surface area contributed by atoms with Crippen molar-refractivity contribution in [3.8, 4) is 11.4 Å². The summed E-state index contributed by atoms with van der Waals surface area (Å²) in [6.07, 6.45) is 3.87. The summed E-state index contributed by atoms with van der Waals surface area (Å²) in [5, 5.41) is 7.30. The molecule has 1 unspecified atom stereocenters. The Hall–Kier alpha value is -3.45. The maximum atomic E-state index is 13.0. The molecule has 0 bridgehead atoms. The molecule has 1 aromatic heterocycles. The van der Waals surface area contributed by atoms with Gasteiger partial charge in [0.2, 0.25) is 5.43 Å². The van der Waals surface area contributed by atoms with Crippen LogP contribution in [0.15, 0.2) is 59.5 Å². The van der Waals surface area contributed by atoms with Gasteiger partial charge < -0.3 is 10.1 Å². The van der Waals surface area contributed by atoms with Crippen molar-refractivity contribution < 1.29 is 9.53 Å². The summed E-state index contributed by atoms with van der Waals surface area (Å²) in [7, 11) is 1.64. The number of carbonyl (C=O) groups is 1. The molecule has 4 rings (SSSR count). The molecule has 1 fully saturated rings. The lowest BCUT2D eigenvalue weighted by atomic mass is 10.1. The van der Waals surface area contributed by atoms with Gasteiger partial charge in [0.1, 0.15) is 5.75 Å². The number of amides is 1. The average molecular weight is 447 g/mol. The second-order valence-corrected chi connectivity index (χ2v) is 8.48. The van der Waals surface area contributed by atoms with E-state index >= 15 is 0 Å². The minimum atomic E-state index is -0.462. The Bertz CT molecular complexity index is 1180. The summed E-state index contributed by atoms with van der Waals surface area (Å²) < 4.78 is 6.85. The highest BCUT2D eigenvalue weighted by Gasteiger charge is 2.25. The molecule has 0 saturated carbocycles. The molecule has 7 nitrogen and oxygen atoms in total. The van der Waals surface area contributed by atoms with E-state index in [1.165, 1.54) is 11.6 Å². The zero-order valence-corrected chi connectivity index (χ0v) is 19.4. The largest absolute Gasteiger partial charge is 0.497 e. The first-order valence-electron chi connectivity index (χ1n) is 11.3. The Morgan fingerprint density at radius 2 is 1.79 bits per heavy atom. The monoisotopic (exact) mass is 446 g/mol. The van der Waals surface area contributed by atoms with Crippen molar-refractivity contribution in [1.29, 1.82) is 0 Å². The van der Waals surface area contributed by atoms with Crippen LogP contribution in [0.4, 0.5) is 0 Å². The molecule has 33 heavy (non-hydrogen) atoms. The Balaban J connectivity index is 1.54. The Labute approximate surface area is 194 Å². The van der Waals surface area contributed by atoms with Crippen LogP contribution in [0, 0.1) is 13.8 Å². The fraction of sp³-hybridized carbons (Fsp3) is 0.346. The molecule has 7 heteroatoms. The predicted molar refractivity (Wildman–Crippen MR) is 128 cm³/mol. The van der Waals surface area contributed by atoms with Crippen LogP contribution in [0.3, 0.4) is 0 Å². The molecule has 2 heterocycles.